The highest BCUT2D eigenvalue weighted by Gasteiger charge is 2.14. The minimum atomic E-state index is -0.213. The summed E-state index contributed by atoms with van der Waals surface area (Å²) in [6.45, 7) is 4.67. The molecule has 0 aliphatic rings. The Morgan fingerprint density at radius 1 is 1.05 bits per heavy atom. The summed E-state index contributed by atoms with van der Waals surface area (Å²) in [6.07, 6.45) is 0.986. The van der Waals surface area contributed by atoms with Gasteiger partial charge in [-0.15, -0.1) is 0 Å². The highest BCUT2D eigenvalue weighted by Crippen LogP contribution is 2.12. The number of rotatable bonds is 7. The first-order valence-electron chi connectivity index (χ1n) is 7.63. The molecule has 0 amide bonds. The van der Waals surface area contributed by atoms with Crippen molar-refractivity contribution in [1.29, 1.82) is 0 Å². The Labute approximate surface area is 132 Å². The molecule has 3 nitrogen and oxygen atoms in total. The van der Waals surface area contributed by atoms with E-state index in [0.717, 1.165) is 23.3 Å². The molecular weight excluding hydrogens is 274 g/mol. The van der Waals surface area contributed by atoms with E-state index in [1.807, 2.05) is 55.5 Å². The van der Waals surface area contributed by atoms with Crippen molar-refractivity contribution in [1.82, 2.24) is 5.32 Å². The summed E-state index contributed by atoms with van der Waals surface area (Å²) in [6, 6.07) is 15.5. The average molecular weight is 297 g/mol. The predicted octanol–water partition coefficient (Wildman–Crippen LogP) is 3.62. The van der Waals surface area contributed by atoms with Crippen molar-refractivity contribution >= 4 is 5.78 Å². The molecule has 0 aliphatic heterocycles. The molecule has 0 bridgehead atoms. The van der Waals surface area contributed by atoms with Crippen molar-refractivity contribution in [3.05, 3.63) is 65.2 Å². The fourth-order valence-corrected chi connectivity index (χ4v) is 2.26. The number of ether oxygens (including phenoxy) is 1. The molecule has 3 heteroatoms. The summed E-state index contributed by atoms with van der Waals surface area (Å²) in [4.78, 5) is 12.4. The van der Waals surface area contributed by atoms with Crippen LogP contribution < -0.4 is 10.1 Å². The lowest BCUT2D eigenvalue weighted by atomic mass is 10.0. The smallest absolute Gasteiger partial charge is 0.179 e. The molecule has 0 aromatic heterocycles. The number of methoxy groups -OCH3 is 1. The van der Waals surface area contributed by atoms with Gasteiger partial charge < -0.3 is 10.1 Å². The van der Waals surface area contributed by atoms with Gasteiger partial charge in [0.1, 0.15) is 5.75 Å². The molecule has 2 rings (SSSR count). The van der Waals surface area contributed by atoms with Gasteiger partial charge in [0.2, 0.25) is 0 Å². The van der Waals surface area contributed by atoms with Crippen molar-refractivity contribution in [3.63, 3.8) is 0 Å². The minimum absolute atomic E-state index is 0.121. The molecule has 0 aliphatic carbocycles. The van der Waals surface area contributed by atoms with Gasteiger partial charge in [0.25, 0.3) is 0 Å². The van der Waals surface area contributed by atoms with Gasteiger partial charge in [-0.3, -0.25) is 4.79 Å². The standard InChI is InChI=1S/C19H23NO2/c1-4-15-5-9-17(10-6-15)19(21)14(2)20-13-16-7-11-18(22-3)12-8-16/h5-12,14,20H,4,13H2,1-3H3. The lowest BCUT2D eigenvalue weighted by molar-refractivity contribution is 0.0950. The Kier molecular flexibility index (Phi) is 5.73. The maximum absolute atomic E-state index is 12.4. The highest BCUT2D eigenvalue weighted by atomic mass is 16.5. The number of carbonyl (C=O) groups excluding carboxylic acids is 1. The van der Waals surface area contributed by atoms with Crippen molar-refractivity contribution < 1.29 is 9.53 Å². The maximum atomic E-state index is 12.4. The minimum Gasteiger partial charge on any atom is -0.497 e. The lowest BCUT2D eigenvalue weighted by Gasteiger charge is -2.13. The third kappa shape index (κ3) is 4.18. The quantitative estimate of drug-likeness (QED) is 0.793. The first-order chi connectivity index (χ1) is 10.6. The second-order valence-electron chi connectivity index (χ2n) is 5.37. The molecule has 1 N–H and O–H groups in total. The van der Waals surface area contributed by atoms with E-state index >= 15 is 0 Å². The third-order valence-electron chi connectivity index (χ3n) is 3.81. The molecule has 0 radical (unpaired) electrons. The van der Waals surface area contributed by atoms with Gasteiger partial charge in [0, 0.05) is 12.1 Å². The SMILES string of the molecule is CCc1ccc(C(=O)C(C)NCc2ccc(OC)cc2)cc1. The summed E-state index contributed by atoms with van der Waals surface area (Å²) in [5.74, 6) is 0.958. The summed E-state index contributed by atoms with van der Waals surface area (Å²) >= 11 is 0. The molecule has 2 aromatic rings. The van der Waals surface area contributed by atoms with Crippen molar-refractivity contribution in [2.24, 2.45) is 0 Å². The fourth-order valence-electron chi connectivity index (χ4n) is 2.26. The number of aryl methyl sites for hydroxylation is 1. The van der Waals surface area contributed by atoms with Crippen molar-refractivity contribution in [3.8, 4) is 5.75 Å². The Morgan fingerprint density at radius 3 is 2.18 bits per heavy atom. The van der Waals surface area contributed by atoms with Crippen LogP contribution in [0.1, 0.15) is 35.3 Å². The number of benzene rings is 2. The van der Waals surface area contributed by atoms with Crippen LogP contribution in [-0.2, 0) is 13.0 Å². The number of nitrogens with one attached hydrogen (secondary N) is 1. The van der Waals surface area contributed by atoms with Crippen LogP contribution in [0.4, 0.5) is 0 Å². The monoisotopic (exact) mass is 297 g/mol. The van der Waals surface area contributed by atoms with Crippen LogP contribution in [0.5, 0.6) is 5.75 Å². The number of Topliss-reactive ketones (excluding diaryl/α,β-unsaturated/α-hetero) is 1. The van der Waals surface area contributed by atoms with Gasteiger partial charge in [0.05, 0.1) is 13.2 Å². The van der Waals surface area contributed by atoms with Crippen LogP contribution in [0, 0.1) is 0 Å². The van der Waals surface area contributed by atoms with E-state index in [2.05, 4.69) is 12.2 Å². The van der Waals surface area contributed by atoms with E-state index < -0.39 is 0 Å². The third-order valence-corrected chi connectivity index (χ3v) is 3.81. The average Bonchev–Trinajstić information content (AvgIpc) is 2.59. The van der Waals surface area contributed by atoms with Crippen LogP contribution in [0.3, 0.4) is 0 Å². The Balaban J connectivity index is 1.92. The van der Waals surface area contributed by atoms with E-state index in [1.54, 1.807) is 7.11 Å². The summed E-state index contributed by atoms with van der Waals surface area (Å²) in [5, 5.41) is 3.27. The molecule has 0 saturated heterocycles. The first kappa shape index (κ1) is 16.2. The zero-order chi connectivity index (χ0) is 15.9. The highest BCUT2D eigenvalue weighted by molar-refractivity contribution is 5.99. The van der Waals surface area contributed by atoms with Gasteiger partial charge >= 0.3 is 0 Å². The number of ketones is 1. The summed E-state index contributed by atoms with van der Waals surface area (Å²) in [5.41, 5.74) is 3.13. The molecule has 0 fully saturated rings. The van der Waals surface area contributed by atoms with Crippen LogP contribution >= 0.6 is 0 Å². The zero-order valence-corrected chi connectivity index (χ0v) is 13.4. The maximum Gasteiger partial charge on any atom is 0.179 e. The van der Waals surface area contributed by atoms with Gasteiger partial charge in [-0.1, -0.05) is 43.3 Å². The molecule has 1 atom stereocenters. The van der Waals surface area contributed by atoms with Gasteiger partial charge in [-0.25, -0.2) is 0 Å². The number of hydrogen-bond donors (Lipinski definition) is 1. The molecule has 0 saturated carbocycles. The first-order valence-corrected chi connectivity index (χ1v) is 7.63. The largest absolute Gasteiger partial charge is 0.497 e. The van der Waals surface area contributed by atoms with Crippen LogP contribution in [0.15, 0.2) is 48.5 Å². The van der Waals surface area contributed by atoms with E-state index in [-0.39, 0.29) is 11.8 Å². The van der Waals surface area contributed by atoms with Crippen LogP contribution in [0.2, 0.25) is 0 Å². The Bertz CT molecular complexity index is 602. The van der Waals surface area contributed by atoms with E-state index in [1.165, 1.54) is 5.56 Å². The molecule has 116 valence electrons. The Hall–Kier alpha value is -2.13. The summed E-state index contributed by atoms with van der Waals surface area (Å²) < 4.78 is 5.14. The van der Waals surface area contributed by atoms with Crippen LogP contribution in [0.25, 0.3) is 0 Å². The van der Waals surface area contributed by atoms with Gasteiger partial charge in [0.15, 0.2) is 5.78 Å². The Morgan fingerprint density at radius 2 is 1.64 bits per heavy atom. The second-order valence-corrected chi connectivity index (χ2v) is 5.37. The molecule has 0 heterocycles. The van der Waals surface area contributed by atoms with Crippen LogP contribution in [-0.4, -0.2) is 18.9 Å². The fraction of sp³-hybridized carbons (Fsp3) is 0.316. The van der Waals surface area contributed by atoms with E-state index in [4.69, 9.17) is 4.74 Å². The van der Waals surface area contributed by atoms with Crippen molar-refractivity contribution in [2.75, 3.05) is 7.11 Å². The normalized spacial score (nSPS) is 12.0. The molecule has 0 spiro atoms. The van der Waals surface area contributed by atoms with E-state index in [0.29, 0.717) is 6.54 Å². The predicted molar refractivity (Wildman–Crippen MR) is 89.4 cm³/mol. The molecule has 22 heavy (non-hydrogen) atoms. The van der Waals surface area contributed by atoms with E-state index in [9.17, 15) is 4.79 Å². The number of hydrogen-bond acceptors (Lipinski definition) is 3. The lowest BCUT2D eigenvalue weighted by Crippen LogP contribution is -2.33. The number of carbonyl (C=O) groups is 1. The summed E-state index contributed by atoms with van der Waals surface area (Å²) in [7, 11) is 1.65. The van der Waals surface area contributed by atoms with Crippen molar-refractivity contribution in [2.45, 2.75) is 32.9 Å². The zero-order valence-electron chi connectivity index (χ0n) is 13.4. The molecular formula is C19H23NO2. The van der Waals surface area contributed by atoms with Gasteiger partial charge in [-0.05, 0) is 36.6 Å². The second kappa shape index (κ2) is 7.76. The topological polar surface area (TPSA) is 38.3 Å². The molecule has 2 aromatic carbocycles. The molecule has 1 unspecified atom stereocenters. The van der Waals surface area contributed by atoms with Gasteiger partial charge in [-0.2, -0.15) is 0 Å².